The highest BCUT2D eigenvalue weighted by atomic mass is 32.2. The third-order valence-corrected chi connectivity index (χ3v) is 5.13. The molecule has 2 aromatic carbocycles. The number of esters is 1. The molecule has 8 nitrogen and oxygen atoms in total. The number of carbonyl (C=O) groups is 3. The molecule has 9 heteroatoms. The van der Waals surface area contributed by atoms with Crippen LogP contribution in [0.5, 0.6) is 5.75 Å². The van der Waals surface area contributed by atoms with Crippen LogP contribution in [0.15, 0.2) is 58.4 Å². The molecule has 0 bridgehead atoms. The first-order valence-corrected chi connectivity index (χ1v) is 9.59. The van der Waals surface area contributed by atoms with Gasteiger partial charge in [-0.15, -0.1) is 0 Å². The smallest absolute Gasteiger partial charge is 0.341 e. The molecule has 1 aliphatic rings. The number of amides is 1. The Bertz CT molecular complexity index is 1050. The fourth-order valence-electron chi connectivity index (χ4n) is 2.56. The number of thioether (sulfide) groups is 1. The van der Waals surface area contributed by atoms with Gasteiger partial charge in [0.25, 0.3) is 5.91 Å². The van der Waals surface area contributed by atoms with E-state index in [4.69, 9.17) is 9.84 Å². The number of carboxylic acid groups (broad SMARTS) is 1. The van der Waals surface area contributed by atoms with E-state index >= 15 is 0 Å². The molecular weight excluding hydrogens is 408 g/mol. The first-order valence-electron chi connectivity index (χ1n) is 8.77. The highest BCUT2D eigenvalue weighted by molar-refractivity contribution is 8.18. The molecule has 1 saturated heterocycles. The van der Waals surface area contributed by atoms with Crippen molar-refractivity contribution in [2.45, 2.75) is 0 Å². The summed E-state index contributed by atoms with van der Waals surface area (Å²) in [5, 5.41) is 9.29. The van der Waals surface area contributed by atoms with Crippen molar-refractivity contribution in [2.75, 3.05) is 20.8 Å². The number of para-hydroxylation sites is 1. The van der Waals surface area contributed by atoms with E-state index in [0.29, 0.717) is 32.6 Å². The quantitative estimate of drug-likeness (QED) is 0.559. The molecule has 2 aromatic rings. The van der Waals surface area contributed by atoms with Crippen LogP contribution in [-0.2, 0) is 14.3 Å². The summed E-state index contributed by atoms with van der Waals surface area (Å²) in [6.07, 6.45) is 1.64. The maximum atomic E-state index is 12.6. The first kappa shape index (κ1) is 21.1. The summed E-state index contributed by atoms with van der Waals surface area (Å²) < 4.78 is 9.96. The Balaban J connectivity index is 1.83. The Labute approximate surface area is 176 Å². The van der Waals surface area contributed by atoms with Gasteiger partial charge in [0.05, 0.1) is 23.3 Å². The third-order valence-electron chi connectivity index (χ3n) is 4.07. The van der Waals surface area contributed by atoms with Crippen LogP contribution in [0.1, 0.15) is 15.9 Å². The molecule has 154 valence electrons. The molecule has 3 rings (SSSR count). The number of methoxy groups -OCH3 is 1. The zero-order valence-corrected chi connectivity index (χ0v) is 17.0. The molecule has 0 radical (unpaired) electrons. The lowest BCUT2D eigenvalue weighted by atomic mass is 10.2. The summed E-state index contributed by atoms with van der Waals surface area (Å²) >= 11 is 1.19. The minimum atomic E-state index is -1.09. The van der Waals surface area contributed by atoms with Crippen LogP contribution in [-0.4, -0.2) is 53.8 Å². The topological polar surface area (TPSA) is 106 Å². The van der Waals surface area contributed by atoms with Crippen LogP contribution in [0.25, 0.3) is 6.08 Å². The largest absolute Gasteiger partial charge is 0.481 e. The van der Waals surface area contributed by atoms with Gasteiger partial charge < -0.3 is 14.6 Å². The second-order valence-electron chi connectivity index (χ2n) is 6.13. The molecule has 0 saturated carbocycles. The van der Waals surface area contributed by atoms with Crippen molar-refractivity contribution in [3.8, 4) is 5.75 Å². The number of likely N-dealkylation sites (N-methyl/N-ethyl adjacent to an activating group) is 1. The zero-order valence-electron chi connectivity index (χ0n) is 16.2. The second-order valence-corrected chi connectivity index (χ2v) is 7.14. The Morgan fingerprint density at radius 3 is 2.53 bits per heavy atom. The highest BCUT2D eigenvalue weighted by Crippen LogP contribution is 2.34. The van der Waals surface area contributed by atoms with E-state index in [0.717, 1.165) is 0 Å². The molecular formula is C21H18N2O6S. The number of amidine groups is 1. The van der Waals surface area contributed by atoms with Crippen LogP contribution in [0.3, 0.4) is 0 Å². The Morgan fingerprint density at radius 1 is 1.17 bits per heavy atom. The normalized spacial score (nSPS) is 16.2. The van der Waals surface area contributed by atoms with Crippen molar-refractivity contribution in [2.24, 2.45) is 4.99 Å². The van der Waals surface area contributed by atoms with Crippen LogP contribution in [0.2, 0.25) is 0 Å². The van der Waals surface area contributed by atoms with Gasteiger partial charge in [-0.05, 0) is 48.2 Å². The summed E-state index contributed by atoms with van der Waals surface area (Å²) in [6, 6.07) is 13.4. The van der Waals surface area contributed by atoms with Crippen LogP contribution < -0.4 is 4.74 Å². The van der Waals surface area contributed by atoms with Crippen molar-refractivity contribution < 1.29 is 29.0 Å². The molecule has 0 aromatic heterocycles. The number of nitrogens with zero attached hydrogens (tertiary/aromatic N) is 2. The predicted molar refractivity (Wildman–Crippen MR) is 113 cm³/mol. The predicted octanol–water partition coefficient (Wildman–Crippen LogP) is 3.17. The lowest BCUT2D eigenvalue weighted by Gasteiger charge is -2.08. The number of benzene rings is 2. The number of rotatable bonds is 6. The van der Waals surface area contributed by atoms with E-state index in [1.807, 2.05) is 0 Å². The molecule has 0 aliphatic carbocycles. The fraction of sp³-hybridized carbons (Fsp3) is 0.143. The number of hydrogen-bond acceptors (Lipinski definition) is 7. The Hall–Kier alpha value is -3.59. The van der Waals surface area contributed by atoms with Crippen molar-refractivity contribution in [1.82, 2.24) is 4.90 Å². The molecule has 0 atom stereocenters. The average molecular weight is 426 g/mol. The maximum absolute atomic E-state index is 12.6. The maximum Gasteiger partial charge on any atom is 0.341 e. The summed E-state index contributed by atoms with van der Waals surface area (Å²) in [7, 11) is 2.93. The summed E-state index contributed by atoms with van der Waals surface area (Å²) in [5.41, 5.74) is 1.58. The van der Waals surface area contributed by atoms with E-state index in [1.165, 1.54) is 23.8 Å². The lowest BCUT2D eigenvalue weighted by Crippen LogP contribution is -2.23. The minimum absolute atomic E-state index is 0.238. The van der Waals surface area contributed by atoms with E-state index in [9.17, 15) is 14.4 Å². The molecule has 30 heavy (non-hydrogen) atoms. The SMILES string of the molecule is COC(=O)c1ccc(N=C2SC(=Cc3ccccc3OCC(=O)O)C(=O)N2C)cc1. The number of aliphatic carboxylic acids is 1. The van der Waals surface area contributed by atoms with Gasteiger partial charge in [0.2, 0.25) is 0 Å². The van der Waals surface area contributed by atoms with Gasteiger partial charge in [0.1, 0.15) is 5.75 Å². The first-order chi connectivity index (χ1) is 14.4. The number of aliphatic imine (C=N–C) groups is 1. The van der Waals surface area contributed by atoms with Crippen LogP contribution >= 0.6 is 11.8 Å². The number of carboxylic acids is 1. The fourth-order valence-corrected chi connectivity index (χ4v) is 3.54. The molecule has 1 amide bonds. The van der Waals surface area contributed by atoms with Gasteiger partial charge in [0.15, 0.2) is 11.8 Å². The monoisotopic (exact) mass is 426 g/mol. The van der Waals surface area contributed by atoms with Crippen molar-refractivity contribution in [3.05, 3.63) is 64.6 Å². The van der Waals surface area contributed by atoms with E-state index in [1.54, 1.807) is 61.7 Å². The third kappa shape index (κ3) is 4.87. The highest BCUT2D eigenvalue weighted by Gasteiger charge is 2.30. The number of hydrogen-bond donors (Lipinski definition) is 1. The Kier molecular flexibility index (Phi) is 6.53. The van der Waals surface area contributed by atoms with Gasteiger partial charge in [0, 0.05) is 12.6 Å². The lowest BCUT2D eigenvalue weighted by molar-refractivity contribution is -0.139. The van der Waals surface area contributed by atoms with Crippen LogP contribution in [0.4, 0.5) is 5.69 Å². The summed E-state index contributed by atoms with van der Waals surface area (Å²) in [6.45, 7) is -0.477. The van der Waals surface area contributed by atoms with Crippen molar-refractivity contribution in [3.63, 3.8) is 0 Å². The molecule has 1 fully saturated rings. The second kappa shape index (κ2) is 9.27. The number of carbonyl (C=O) groups excluding carboxylic acids is 2. The Morgan fingerprint density at radius 2 is 1.87 bits per heavy atom. The molecule has 1 aliphatic heterocycles. The van der Waals surface area contributed by atoms with Crippen LogP contribution in [0, 0.1) is 0 Å². The minimum Gasteiger partial charge on any atom is -0.481 e. The molecule has 1 N–H and O–H groups in total. The molecule has 0 unspecified atom stereocenters. The van der Waals surface area contributed by atoms with E-state index < -0.39 is 18.5 Å². The average Bonchev–Trinajstić information content (AvgIpc) is 3.00. The van der Waals surface area contributed by atoms with Gasteiger partial charge in [-0.3, -0.25) is 9.69 Å². The van der Waals surface area contributed by atoms with E-state index in [-0.39, 0.29) is 5.91 Å². The molecule has 0 spiro atoms. The summed E-state index contributed by atoms with van der Waals surface area (Å²) in [4.78, 5) is 41.2. The van der Waals surface area contributed by atoms with E-state index in [2.05, 4.69) is 9.73 Å². The van der Waals surface area contributed by atoms with Gasteiger partial charge in [-0.25, -0.2) is 14.6 Å². The van der Waals surface area contributed by atoms with Gasteiger partial charge in [-0.1, -0.05) is 18.2 Å². The number of ether oxygens (including phenoxy) is 2. The zero-order chi connectivity index (χ0) is 21.7. The molecule has 1 heterocycles. The summed E-state index contributed by atoms with van der Waals surface area (Å²) in [5.74, 6) is -1.40. The van der Waals surface area contributed by atoms with Gasteiger partial charge in [-0.2, -0.15) is 0 Å². The van der Waals surface area contributed by atoms with Gasteiger partial charge >= 0.3 is 11.9 Å². The standard InChI is InChI=1S/C21H18N2O6S/c1-23-19(26)17(11-14-5-3-4-6-16(14)29-12-18(24)25)30-21(23)22-15-9-7-13(8-10-15)20(27)28-2/h3-11H,12H2,1-2H3,(H,24,25). The van der Waals surface area contributed by atoms with Crippen molar-refractivity contribution in [1.29, 1.82) is 0 Å². The van der Waals surface area contributed by atoms with Crippen molar-refractivity contribution >= 4 is 46.5 Å².